The van der Waals surface area contributed by atoms with E-state index in [-0.39, 0.29) is 17.5 Å². The Hall–Kier alpha value is -2.39. The van der Waals surface area contributed by atoms with Crippen LogP contribution in [0.25, 0.3) is 10.6 Å². The highest BCUT2D eigenvalue weighted by atomic mass is 32.1. The number of carbonyl (C=O) groups is 1. The van der Waals surface area contributed by atoms with E-state index in [1.807, 2.05) is 24.4 Å². The first-order valence-corrected chi connectivity index (χ1v) is 9.45. The van der Waals surface area contributed by atoms with Crippen molar-refractivity contribution in [1.82, 2.24) is 24.7 Å². The van der Waals surface area contributed by atoms with Crippen molar-refractivity contribution in [2.24, 2.45) is 0 Å². The molecule has 0 bridgehead atoms. The Bertz CT molecular complexity index is 917. The summed E-state index contributed by atoms with van der Waals surface area (Å²) in [6.45, 7) is 4.01. The van der Waals surface area contributed by atoms with Crippen LogP contribution in [0.5, 0.6) is 0 Å². The van der Waals surface area contributed by atoms with Crippen LogP contribution in [-0.2, 0) is 6.54 Å². The van der Waals surface area contributed by atoms with Crippen LogP contribution in [0.1, 0.15) is 28.7 Å². The molecule has 0 aliphatic heterocycles. The van der Waals surface area contributed by atoms with Crippen molar-refractivity contribution in [3.8, 4) is 10.6 Å². The SMILES string of the molecule is CC[C@H](Cn1nc(-c2cccs2)ccc1=O)NC(=O)c1snnc1C. The lowest BCUT2D eigenvalue weighted by Gasteiger charge is -2.17. The highest BCUT2D eigenvalue weighted by Crippen LogP contribution is 2.21. The van der Waals surface area contributed by atoms with E-state index in [4.69, 9.17) is 0 Å². The molecule has 3 rings (SSSR count). The fourth-order valence-corrected chi connectivity index (χ4v) is 3.56. The van der Waals surface area contributed by atoms with Gasteiger partial charge in [-0.25, -0.2) is 4.68 Å². The van der Waals surface area contributed by atoms with Crippen molar-refractivity contribution >= 4 is 28.8 Å². The average molecular weight is 375 g/mol. The van der Waals surface area contributed by atoms with Gasteiger partial charge in [-0.3, -0.25) is 9.59 Å². The molecule has 0 aliphatic rings. The van der Waals surface area contributed by atoms with Gasteiger partial charge in [0.25, 0.3) is 11.5 Å². The lowest BCUT2D eigenvalue weighted by atomic mass is 10.2. The van der Waals surface area contributed by atoms with Gasteiger partial charge in [-0.1, -0.05) is 17.5 Å². The van der Waals surface area contributed by atoms with E-state index in [2.05, 4.69) is 20.0 Å². The average Bonchev–Trinajstić information content (AvgIpc) is 3.27. The van der Waals surface area contributed by atoms with Crippen molar-refractivity contribution in [2.75, 3.05) is 0 Å². The van der Waals surface area contributed by atoms with E-state index >= 15 is 0 Å². The number of hydrogen-bond donors (Lipinski definition) is 1. The molecule has 0 aromatic carbocycles. The summed E-state index contributed by atoms with van der Waals surface area (Å²) >= 11 is 2.63. The van der Waals surface area contributed by atoms with Gasteiger partial charge in [0.1, 0.15) is 10.6 Å². The lowest BCUT2D eigenvalue weighted by Crippen LogP contribution is -2.40. The van der Waals surface area contributed by atoms with E-state index in [1.165, 1.54) is 10.7 Å². The molecule has 0 saturated heterocycles. The number of amides is 1. The van der Waals surface area contributed by atoms with Crippen LogP contribution in [0.3, 0.4) is 0 Å². The van der Waals surface area contributed by atoms with E-state index in [0.29, 0.717) is 23.5 Å². The first-order chi connectivity index (χ1) is 12.1. The topological polar surface area (TPSA) is 89.8 Å². The zero-order chi connectivity index (χ0) is 17.8. The van der Waals surface area contributed by atoms with Crippen molar-refractivity contribution in [2.45, 2.75) is 32.9 Å². The molecule has 0 aliphatic carbocycles. The Labute approximate surface area is 152 Å². The second-order valence-corrected chi connectivity index (χ2v) is 7.18. The second kappa shape index (κ2) is 7.66. The second-order valence-electron chi connectivity index (χ2n) is 5.48. The highest BCUT2D eigenvalue weighted by molar-refractivity contribution is 7.13. The summed E-state index contributed by atoms with van der Waals surface area (Å²) in [5.41, 5.74) is 1.16. The summed E-state index contributed by atoms with van der Waals surface area (Å²) in [6.07, 6.45) is 0.675. The van der Waals surface area contributed by atoms with Gasteiger partial charge in [-0.2, -0.15) is 5.10 Å². The van der Waals surface area contributed by atoms with Gasteiger partial charge in [0, 0.05) is 12.1 Å². The maximum atomic E-state index is 12.3. The number of nitrogens with one attached hydrogen (secondary N) is 1. The van der Waals surface area contributed by atoms with Gasteiger partial charge in [0.15, 0.2) is 0 Å². The van der Waals surface area contributed by atoms with Crippen LogP contribution in [-0.4, -0.2) is 31.3 Å². The van der Waals surface area contributed by atoms with E-state index < -0.39 is 0 Å². The lowest BCUT2D eigenvalue weighted by molar-refractivity contribution is 0.0934. The Balaban J connectivity index is 1.77. The van der Waals surface area contributed by atoms with Gasteiger partial charge in [-0.15, -0.1) is 16.4 Å². The molecule has 1 amide bonds. The van der Waals surface area contributed by atoms with Crippen LogP contribution in [0.2, 0.25) is 0 Å². The molecule has 0 unspecified atom stereocenters. The number of thiophene rings is 1. The van der Waals surface area contributed by atoms with Crippen LogP contribution in [0, 0.1) is 6.92 Å². The van der Waals surface area contributed by atoms with Crippen LogP contribution in [0.15, 0.2) is 34.4 Å². The molecule has 7 nitrogen and oxygen atoms in total. The smallest absolute Gasteiger partial charge is 0.266 e. The zero-order valence-electron chi connectivity index (χ0n) is 13.8. The molecule has 130 valence electrons. The van der Waals surface area contributed by atoms with Gasteiger partial charge < -0.3 is 5.32 Å². The van der Waals surface area contributed by atoms with Crippen molar-refractivity contribution in [1.29, 1.82) is 0 Å². The molecular formula is C16H17N5O2S2. The molecule has 0 spiro atoms. The fraction of sp³-hybridized carbons (Fsp3) is 0.312. The molecule has 9 heteroatoms. The van der Waals surface area contributed by atoms with Crippen molar-refractivity contribution in [3.05, 3.63) is 50.6 Å². The molecule has 3 aromatic rings. The third kappa shape index (κ3) is 3.99. The summed E-state index contributed by atoms with van der Waals surface area (Å²) in [6, 6.07) is 6.92. The summed E-state index contributed by atoms with van der Waals surface area (Å²) in [7, 11) is 0. The standard InChI is InChI=1S/C16H17N5O2S2/c1-3-11(17-16(23)15-10(2)18-20-25-15)9-21-14(22)7-6-12(19-21)13-5-4-8-24-13/h4-8,11H,3,9H2,1-2H3,(H,17,23)/t11-/m1/s1. The quantitative estimate of drug-likeness (QED) is 0.714. The number of hydrogen-bond acceptors (Lipinski definition) is 7. The molecule has 3 heterocycles. The third-order valence-corrected chi connectivity index (χ3v) is 5.44. The Kier molecular flexibility index (Phi) is 5.34. The number of aryl methyl sites for hydroxylation is 1. The molecular weight excluding hydrogens is 358 g/mol. The van der Waals surface area contributed by atoms with Gasteiger partial charge in [-0.05, 0) is 42.4 Å². The fourth-order valence-electron chi connectivity index (χ4n) is 2.31. The van der Waals surface area contributed by atoms with Crippen molar-refractivity contribution in [3.63, 3.8) is 0 Å². The minimum absolute atomic E-state index is 0.191. The van der Waals surface area contributed by atoms with E-state index in [0.717, 1.165) is 22.1 Å². The molecule has 1 atom stereocenters. The maximum absolute atomic E-state index is 12.3. The predicted molar refractivity (Wildman–Crippen MR) is 98.0 cm³/mol. The highest BCUT2D eigenvalue weighted by Gasteiger charge is 2.18. The van der Waals surface area contributed by atoms with Gasteiger partial charge in [0.2, 0.25) is 0 Å². The molecule has 0 saturated carbocycles. The molecule has 25 heavy (non-hydrogen) atoms. The number of nitrogens with zero attached hydrogens (tertiary/aromatic N) is 4. The number of rotatable bonds is 6. The predicted octanol–water partition coefficient (Wildman–Crippen LogP) is 2.34. The third-order valence-electron chi connectivity index (χ3n) is 3.72. The molecule has 0 fully saturated rings. The van der Waals surface area contributed by atoms with Crippen LogP contribution >= 0.6 is 22.9 Å². The van der Waals surface area contributed by atoms with Gasteiger partial charge >= 0.3 is 0 Å². The monoisotopic (exact) mass is 375 g/mol. The maximum Gasteiger partial charge on any atom is 0.266 e. The van der Waals surface area contributed by atoms with E-state index in [1.54, 1.807) is 24.3 Å². The van der Waals surface area contributed by atoms with Crippen molar-refractivity contribution < 1.29 is 4.79 Å². The van der Waals surface area contributed by atoms with E-state index in [9.17, 15) is 9.59 Å². The Morgan fingerprint density at radius 1 is 1.36 bits per heavy atom. The van der Waals surface area contributed by atoms with Gasteiger partial charge in [0.05, 0.1) is 17.1 Å². The summed E-state index contributed by atoms with van der Waals surface area (Å²) in [5.74, 6) is -0.221. The Morgan fingerprint density at radius 2 is 2.20 bits per heavy atom. The number of carbonyl (C=O) groups excluding carboxylic acids is 1. The summed E-state index contributed by atoms with van der Waals surface area (Å²) < 4.78 is 5.18. The first kappa shape index (κ1) is 17.4. The van der Waals surface area contributed by atoms with Crippen LogP contribution < -0.4 is 10.9 Å². The summed E-state index contributed by atoms with van der Waals surface area (Å²) in [5, 5.41) is 13.2. The zero-order valence-corrected chi connectivity index (χ0v) is 15.4. The normalized spacial score (nSPS) is 12.1. The minimum atomic E-state index is -0.221. The minimum Gasteiger partial charge on any atom is -0.347 e. The first-order valence-electron chi connectivity index (χ1n) is 7.80. The van der Waals surface area contributed by atoms with Crippen LogP contribution in [0.4, 0.5) is 0 Å². The largest absolute Gasteiger partial charge is 0.347 e. The number of aromatic nitrogens is 4. The molecule has 3 aromatic heterocycles. The Morgan fingerprint density at radius 3 is 2.84 bits per heavy atom. The summed E-state index contributed by atoms with van der Waals surface area (Å²) in [4.78, 5) is 26.0. The molecule has 1 N–H and O–H groups in total. The molecule has 0 radical (unpaired) electrons.